The molecule has 4 heteroatoms. The van der Waals surface area contributed by atoms with Gasteiger partial charge in [0.05, 0.1) is 11.7 Å². The highest BCUT2D eigenvalue weighted by Gasteiger charge is 2.12. The number of Topliss-reactive ketones (excluding diaryl/α,β-unsaturated/α-hetero) is 1. The van der Waals surface area contributed by atoms with Gasteiger partial charge in [-0.3, -0.25) is 9.59 Å². The average Bonchev–Trinajstić information content (AvgIpc) is 2.11. The third-order valence-corrected chi connectivity index (χ3v) is 1.75. The van der Waals surface area contributed by atoms with E-state index in [1.807, 2.05) is 0 Å². The van der Waals surface area contributed by atoms with E-state index in [9.17, 15) is 9.59 Å². The van der Waals surface area contributed by atoms with E-state index < -0.39 is 0 Å². The second-order valence-corrected chi connectivity index (χ2v) is 2.76. The fraction of sp³-hybridized carbons (Fsp3) is 0.556. The van der Waals surface area contributed by atoms with Crippen molar-refractivity contribution in [3.8, 4) is 0 Å². The Bertz CT molecular complexity index is 234. The largest absolute Gasteiger partial charge is 0.322 e. The van der Waals surface area contributed by atoms with Crippen LogP contribution in [0.25, 0.3) is 0 Å². The van der Waals surface area contributed by atoms with Crippen LogP contribution < -0.4 is 10.6 Å². The van der Waals surface area contributed by atoms with Crippen LogP contribution in [0.5, 0.6) is 0 Å². The Morgan fingerprint density at radius 3 is 2.23 bits per heavy atom. The lowest BCUT2D eigenvalue weighted by molar-refractivity contribution is -0.123. The SMILES string of the molecule is C/C=C(\NC(=O)C(C)NC)C(C)=O. The summed E-state index contributed by atoms with van der Waals surface area (Å²) in [5.74, 6) is -0.343. The monoisotopic (exact) mass is 184 g/mol. The Morgan fingerprint density at radius 2 is 1.92 bits per heavy atom. The van der Waals surface area contributed by atoms with Crippen LogP contribution in [-0.4, -0.2) is 24.8 Å². The molecule has 0 spiro atoms. The molecular formula is C9H16N2O2. The van der Waals surface area contributed by atoms with Gasteiger partial charge in [-0.2, -0.15) is 0 Å². The zero-order chi connectivity index (χ0) is 10.4. The summed E-state index contributed by atoms with van der Waals surface area (Å²) in [6, 6.07) is -0.297. The summed E-state index contributed by atoms with van der Waals surface area (Å²) in [6.07, 6.45) is 1.59. The minimum absolute atomic E-state index is 0.140. The van der Waals surface area contributed by atoms with Crippen LogP contribution in [-0.2, 0) is 9.59 Å². The molecule has 0 saturated heterocycles. The Labute approximate surface area is 78.4 Å². The van der Waals surface area contributed by atoms with Crippen LogP contribution in [0.4, 0.5) is 0 Å². The van der Waals surface area contributed by atoms with Crippen molar-refractivity contribution in [2.45, 2.75) is 26.8 Å². The molecular weight excluding hydrogens is 168 g/mol. The van der Waals surface area contributed by atoms with Gasteiger partial charge in [-0.25, -0.2) is 0 Å². The molecule has 1 unspecified atom stereocenters. The lowest BCUT2D eigenvalue weighted by Crippen LogP contribution is -2.41. The van der Waals surface area contributed by atoms with Gasteiger partial charge in [0, 0.05) is 6.92 Å². The number of ketones is 1. The van der Waals surface area contributed by atoms with E-state index in [0.29, 0.717) is 5.70 Å². The summed E-state index contributed by atoms with van der Waals surface area (Å²) in [6.45, 7) is 4.85. The molecule has 0 aromatic rings. The zero-order valence-electron chi connectivity index (χ0n) is 8.47. The third-order valence-electron chi connectivity index (χ3n) is 1.75. The van der Waals surface area contributed by atoms with E-state index in [2.05, 4.69) is 10.6 Å². The van der Waals surface area contributed by atoms with Crippen molar-refractivity contribution in [2.75, 3.05) is 7.05 Å². The van der Waals surface area contributed by atoms with Gasteiger partial charge in [0.25, 0.3) is 0 Å². The first kappa shape index (κ1) is 11.8. The van der Waals surface area contributed by atoms with Crippen molar-refractivity contribution < 1.29 is 9.59 Å². The average molecular weight is 184 g/mol. The third kappa shape index (κ3) is 3.85. The van der Waals surface area contributed by atoms with Crippen LogP contribution in [0.2, 0.25) is 0 Å². The van der Waals surface area contributed by atoms with Gasteiger partial charge in [0.15, 0.2) is 5.78 Å². The van der Waals surface area contributed by atoms with E-state index in [4.69, 9.17) is 0 Å². The highest BCUT2D eigenvalue weighted by Crippen LogP contribution is 1.92. The summed E-state index contributed by atoms with van der Waals surface area (Å²) in [4.78, 5) is 22.2. The van der Waals surface area contributed by atoms with Crippen molar-refractivity contribution in [3.05, 3.63) is 11.8 Å². The van der Waals surface area contributed by atoms with Gasteiger partial charge in [0.1, 0.15) is 0 Å². The van der Waals surface area contributed by atoms with Gasteiger partial charge < -0.3 is 10.6 Å². The molecule has 4 nitrogen and oxygen atoms in total. The molecule has 74 valence electrons. The fourth-order valence-corrected chi connectivity index (χ4v) is 0.736. The number of hydrogen-bond donors (Lipinski definition) is 2. The van der Waals surface area contributed by atoms with Gasteiger partial charge in [-0.1, -0.05) is 6.08 Å². The number of amides is 1. The lowest BCUT2D eigenvalue weighted by atomic mass is 10.2. The highest BCUT2D eigenvalue weighted by atomic mass is 16.2. The predicted octanol–water partition coefficient (Wildman–Crippen LogP) is 0.203. The molecule has 0 heterocycles. The van der Waals surface area contributed by atoms with Crippen molar-refractivity contribution in [3.63, 3.8) is 0 Å². The normalized spacial score (nSPS) is 13.7. The Kier molecular flexibility index (Phi) is 4.99. The molecule has 0 aliphatic carbocycles. The number of rotatable bonds is 4. The summed E-state index contributed by atoms with van der Waals surface area (Å²) >= 11 is 0. The number of carbonyl (C=O) groups excluding carboxylic acids is 2. The summed E-state index contributed by atoms with van der Waals surface area (Å²) in [7, 11) is 1.69. The first-order chi connectivity index (χ1) is 6.02. The number of nitrogens with one attached hydrogen (secondary N) is 2. The van der Waals surface area contributed by atoms with Gasteiger partial charge in [0.2, 0.25) is 5.91 Å². The maximum atomic E-state index is 11.3. The number of carbonyl (C=O) groups is 2. The first-order valence-electron chi connectivity index (χ1n) is 4.18. The molecule has 2 N–H and O–H groups in total. The van der Waals surface area contributed by atoms with Crippen molar-refractivity contribution in [1.82, 2.24) is 10.6 Å². The Morgan fingerprint density at radius 1 is 1.38 bits per heavy atom. The van der Waals surface area contributed by atoms with E-state index in [0.717, 1.165) is 0 Å². The van der Waals surface area contributed by atoms with Crippen molar-refractivity contribution >= 4 is 11.7 Å². The molecule has 0 saturated carbocycles. The molecule has 1 atom stereocenters. The second-order valence-electron chi connectivity index (χ2n) is 2.76. The molecule has 13 heavy (non-hydrogen) atoms. The molecule has 0 bridgehead atoms. The maximum absolute atomic E-state index is 11.3. The van der Waals surface area contributed by atoms with Gasteiger partial charge in [-0.05, 0) is 20.9 Å². The molecule has 0 rings (SSSR count). The summed E-state index contributed by atoms with van der Waals surface area (Å²) in [5.41, 5.74) is 0.340. The fourth-order valence-electron chi connectivity index (χ4n) is 0.736. The maximum Gasteiger partial charge on any atom is 0.241 e. The molecule has 0 aromatic carbocycles. The summed E-state index contributed by atoms with van der Waals surface area (Å²) in [5, 5.41) is 5.31. The van der Waals surface area contributed by atoms with Crippen molar-refractivity contribution in [1.29, 1.82) is 0 Å². The quantitative estimate of drug-likeness (QED) is 0.614. The van der Waals surface area contributed by atoms with Crippen LogP contribution in [0.3, 0.4) is 0 Å². The van der Waals surface area contributed by atoms with Gasteiger partial charge >= 0.3 is 0 Å². The Hall–Kier alpha value is -1.16. The molecule has 0 aliphatic rings. The minimum Gasteiger partial charge on any atom is -0.322 e. The number of allylic oxidation sites excluding steroid dienone is 2. The molecule has 0 radical (unpaired) electrons. The standard InChI is InChI=1S/C9H16N2O2/c1-5-8(7(3)12)11-9(13)6(2)10-4/h5-6,10H,1-4H3,(H,11,13)/b8-5-. The number of likely N-dealkylation sites (N-methyl/N-ethyl adjacent to an activating group) is 1. The van der Waals surface area contributed by atoms with Crippen molar-refractivity contribution in [2.24, 2.45) is 0 Å². The summed E-state index contributed by atoms with van der Waals surface area (Å²) < 4.78 is 0. The van der Waals surface area contributed by atoms with Crippen LogP contribution in [0.15, 0.2) is 11.8 Å². The molecule has 1 amide bonds. The molecule has 0 fully saturated rings. The van der Waals surface area contributed by atoms with Crippen LogP contribution >= 0.6 is 0 Å². The topological polar surface area (TPSA) is 58.2 Å². The van der Waals surface area contributed by atoms with Crippen LogP contribution in [0.1, 0.15) is 20.8 Å². The zero-order valence-corrected chi connectivity index (χ0v) is 8.47. The molecule has 0 aromatic heterocycles. The Balaban J connectivity index is 4.27. The van der Waals surface area contributed by atoms with E-state index >= 15 is 0 Å². The van der Waals surface area contributed by atoms with E-state index in [1.54, 1.807) is 27.0 Å². The number of hydrogen-bond acceptors (Lipinski definition) is 3. The van der Waals surface area contributed by atoms with E-state index in [-0.39, 0.29) is 17.7 Å². The second kappa shape index (κ2) is 5.48. The molecule has 0 aliphatic heterocycles. The lowest BCUT2D eigenvalue weighted by Gasteiger charge is -2.11. The predicted molar refractivity (Wildman–Crippen MR) is 51.1 cm³/mol. The highest BCUT2D eigenvalue weighted by molar-refractivity contribution is 5.98. The van der Waals surface area contributed by atoms with Crippen LogP contribution in [0, 0.1) is 0 Å². The first-order valence-corrected chi connectivity index (χ1v) is 4.18. The van der Waals surface area contributed by atoms with Gasteiger partial charge in [-0.15, -0.1) is 0 Å². The van der Waals surface area contributed by atoms with E-state index in [1.165, 1.54) is 6.92 Å². The smallest absolute Gasteiger partial charge is 0.241 e. The minimum atomic E-state index is -0.297.